The minimum absolute atomic E-state index is 0.0268. The van der Waals surface area contributed by atoms with E-state index in [1.165, 1.54) is 0 Å². The first kappa shape index (κ1) is 22.1. The smallest absolute Gasteiger partial charge is 0.306 e. The van der Waals surface area contributed by atoms with Crippen LogP contribution in [0.25, 0.3) is 0 Å². The highest BCUT2D eigenvalue weighted by atomic mass is 16.5. The van der Waals surface area contributed by atoms with Gasteiger partial charge in [0, 0.05) is 18.5 Å². The molecule has 1 N–H and O–H groups in total. The first-order valence-corrected chi connectivity index (χ1v) is 9.72. The Kier molecular flexibility index (Phi) is 8.89. The van der Waals surface area contributed by atoms with Gasteiger partial charge in [-0.15, -0.1) is 0 Å². The lowest BCUT2D eigenvalue weighted by molar-refractivity contribution is -0.148. The fourth-order valence-electron chi connectivity index (χ4n) is 2.49. The van der Waals surface area contributed by atoms with Gasteiger partial charge in [-0.1, -0.05) is 36.8 Å². The van der Waals surface area contributed by atoms with Crippen LogP contribution in [0.5, 0.6) is 5.75 Å². The number of rotatable bonds is 11. The number of Topliss-reactive ketones (excluding diaryl/α,β-unsaturated/α-hetero) is 1. The van der Waals surface area contributed by atoms with E-state index in [0.29, 0.717) is 24.5 Å². The van der Waals surface area contributed by atoms with Crippen LogP contribution in [-0.2, 0) is 20.9 Å². The summed E-state index contributed by atoms with van der Waals surface area (Å²) in [4.78, 5) is 35.7. The van der Waals surface area contributed by atoms with Crippen LogP contribution >= 0.6 is 0 Å². The molecule has 0 heterocycles. The van der Waals surface area contributed by atoms with Crippen LogP contribution in [0.3, 0.4) is 0 Å². The summed E-state index contributed by atoms with van der Waals surface area (Å²) in [6.45, 7) is 4.64. The van der Waals surface area contributed by atoms with E-state index in [0.717, 1.165) is 17.5 Å². The van der Waals surface area contributed by atoms with Gasteiger partial charge in [0.1, 0.15) is 5.75 Å². The van der Waals surface area contributed by atoms with Crippen molar-refractivity contribution in [2.75, 3.05) is 13.2 Å². The molecule has 0 radical (unpaired) electrons. The number of benzene rings is 2. The SMILES string of the molecule is CCCOc1ccc(C(=O)CCC(=O)OCC(=O)NCc2ccc(C)cc2)cc1. The third-order valence-corrected chi connectivity index (χ3v) is 4.18. The van der Waals surface area contributed by atoms with E-state index < -0.39 is 5.97 Å². The first-order valence-electron chi connectivity index (χ1n) is 9.72. The van der Waals surface area contributed by atoms with Gasteiger partial charge in [-0.2, -0.15) is 0 Å². The number of amides is 1. The minimum atomic E-state index is -0.577. The molecule has 29 heavy (non-hydrogen) atoms. The Morgan fingerprint density at radius 3 is 2.28 bits per heavy atom. The Morgan fingerprint density at radius 1 is 0.931 bits per heavy atom. The summed E-state index contributed by atoms with van der Waals surface area (Å²) in [5.74, 6) is -0.410. The number of esters is 1. The monoisotopic (exact) mass is 397 g/mol. The zero-order valence-electron chi connectivity index (χ0n) is 16.9. The number of hydrogen-bond acceptors (Lipinski definition) is 5. The Balaban J connectivity index is 1.66. The van der Waals surface area contributed by atoms with Crippen molar-refractivity contribution in [1.82, 2.24) is 5.32 Å². The van der Waals surface area contributed by atoms with Crippen LogP contribution in [0.2, 0.25) is 0 Å². The van der Waals surface area contributed by atoms with Crippen LogP contribution in [0.4, 0.5) is 0 Å². The fourth-order valence-corrected chi connectivity index (χ4v) is 2.49. The summed E-state index contributed by atoms with van der Waals surface area (Å²) < 4.78 is 10.4. The maximum absolute atomic E-state index is 12.2. The molecule has 0 atom stereocenters. The Bertz CT molecular complexity index is 812. The van der Waals surface area contributed by atoms with Crippen LogP contribution in [0, 0.1) is 6.92 Å². The van der Waals surface area contributed by atoms with Crippen LogP contribution in [0.15, 0.2) is 48.5 Å². The van der Waals surface area contributed by atoms with Crippen molar-refractivity contribution in [2.24, 2.45) is 0 Å². The Morgan fingerprint density at radius 2 is 1.62 bits per heavy atom. The van der Waals surface area contributed by atoms with E-state index in [1.54, 1.807) is 24.3 Å². The molecule has 0 unspecified atom stereocenters. The molecule has 0 saturated carbocycles. The lowest BCUT2D eigenvalue weighted by atomic mass is 10.1. The van der Waals surface area contributed by atoms with Gasteiger partial charge in [-0.3, -0.25) is 14.4 Å². The lowest BCUT2D eigenvalue weighted by Gasteiger charge is -2.07. The fraction of sp³-hybridized carbons (Fsp3) is 0.348. The van der Waals surface area contributed by atoms with Gasteiger partial charge in [0.2, 0.25) is 0 Å². The molecule has 6 heteroatoms. The van der Waals surface area contributed by atoms with Gasteiger partial charge < -0.3 is 14.8 Å². The highest BCUT2D eigenvalue weighted by molar-refractivity contribution is 5.97. The van der Waals surface area contributed by atoms with Crippen molar-refractivity contribution < 1.29 is 23.9 Å². The van der Waals surface area contributed by atoms with E-state index in [4.69, 9.17) is 9.47 Å². The maximum Gasteiger partial charge on any atom is 0.306 e. The zero-order valence-corrected chi connectivity index (χ0v) is 16.9. The zero-order chi connectivity index (χ0) is 21.1. The van der Waals surface area contributed by atoms with Crippen LogP contribution < -0.4 is 10.1 Å². The van der Waals surface area contributed by atoms with E-state index in [2.05, 4.69) is 5.32 Å². The van der Waals surface area contributed by atoms with E-state index in [-0.39, 0.29) is 31.1 Å². The van der Waals surface area contributed by atoms with Gasteiger partial charge in [0.05, 0.1) is 13.0 Å². The third-order valence-electron chi connectivity index (χ3n) is 4.18. The number of nitrogens with one attached hydrogen (secondary N) is 1. The largest absolute Gasteiger partial charge is 0.494 e. The molecule has 0 bridgehead atoms. The molecule has 0 aliphatic carbocycles. The number of carbonyl (C=O) groups excluding carboxylic acids is 3. The van der Waals surface area contributed by atoms with Crippen molar-refractivity contribution in [3.8, 4) is 5.75 Å². The molecule has 2 rings (SSSR count). The molecule has 0 fully saturated rings. The molecular weight excluding hydrogens is 370 g/mol. The predicted octanol–water partition coefficient (Wildman–Crippen LogP) is 3.61. The molecule has 6 nitrogen and oxygen atoms in total. The highest BCUT2D eigenvalue weighted by Gasteiger charge is 2.12. The van der Waals surface area contributed by atoms with Gasteiger partial charge >= 0.3 is 5.97 Å². The number of carbonyl (C=O) groups is 3. The summed E-state index contributed by atoms with van der Waals surface area (Å²) in [6.07, 6.45) is 0.865. The van der Waals surface area contributed by atoms with Gasteiger partial charge in [0.25, 0.3) is 5.91 Å². The van der Waals surface area contributed by atoms with Gasteiger partial charge in [-0.05, 0) is 43.2 Å². The van der Waals surface area contributed by atoms with E-state index >= 15 is 0 Å². The van der Waals surface area contributed by atoms with Crippen molar-refractivity contribution in [3.05, 3.63) is 65.2 Å². The maximum atomic E-state index is 12.2. The lowest BCUT2D eigenvalue weighted by Crippen LogP contribution is -2.28. The molecule has 0 saturated heterocycles. The van der Waals surface area contributed by atoms with E-state index in [1.807, 2.05) is 38.1 Å². The number of aryl methyl sites for hydroxylation is 1. The van der Waals surface area contributed by atoms with Crippen molar-refractivity contribution >= 4 is 17.7 Å². The molecular formula is C23H27NO5. The second-order valence-corrected chi connectivity index (χ2v) is 6.72. The summed E-state index contributed by atoms with van der Waals surface area (Å²) >= 11 is 0. The van der Waals surface area contributed by atoms with Crippen molar-refractivity contribution in [3.63, 3.8) is 0 Å². The van der Waals surface area contributed by atoms with Crippen LogP contribution in [-0.4, -0.2) is 30.9 Å². The number of ketones is 1. The topological polar surface area (TPSA) is 81.7 Å². The summed E-state index contributed by atoms with van der Waals surface area (Å²) in [6, 6.07) is 14.6. The molecule has 0 aliphatic heterocycles. The number of hydrogen-bond donors (Lipinski definition) is 1. The molecule has 154 valence electrons. The molecule has 1 amide bonds. The third kappa shape index (κ3) is 8.17. The van der Waals surface area contributed by atoms with E-state index in [9.17, 15) is 14.4 Å². The van der Waals surface area contributed by atoms with Crippen molar-refractivity contribution in [2.45, 2.75) is 39.7 Å². The highest BCUT2D eigenvalue weighted by Crippen LogP contribution is 2.14. The standard InChI is InChI=1S/C23H27NO5/c1-3-14-28-20-10-8-19(9-11-20)21(25)12-13-23(27)29-16-22(26)24-15-18-6-4-17(2)5-7-18/h4-11H,3,12-16H2,1-2H3,(H,24,26). The number of ether oxygens (including phenoxy) is 2. The minimum Gasteiger partial charge on any atom is -0.494 e. The molecule has 0 spiro atoms. The summed E-state index contributed by atoms with van der Waals surface area (Å²) in [7, 11) is 0. The summed E-state index contributed by atoms with van der Waals surface area (Å²) in [5.41, 5.74) is 2.62. The van der Waals surface area contributed by atoms with Crippen molar-refractivity contribution in [1.29, 1.82) is 0 Å². The average molecular weight is 397 g/mol. The second kappa shape index (κ2) is 11.6. The Hall–Kier alpha value is -3.15. The quantitative estimate of drug-likeness (QED) is 0.463. The van der Waals surface area contributed by atoms with Crippen LogP contribution in [0.1, 0.15) is 47.7 Å². The molecule has 0 aliphatic rings. The normalized spacial score (nSPS) is 10.3. The molecule has 2 aromatic rings. The Labute approximate surface area is 171 Å². The first-order chi connectivity index (χ1) is 14.0. The molecule has 2 aromatic carbocycles. The summed E-state index contributed by atoms with van der Waals surface area (Å²) in [5, 5.41) is 2.69. The second-order valence-electron chi connectivity index (χ2n) is 6.72. The van der Waals surface area contributed by atoms with Gasteiger partial charge in [0.15, 0.2) is 12.4 Å². The average Bonchev–Trinajstić information content (AvgIpc) is 2.74. The molecule has 0 aromatic heterocycles. The predicted molar refractivity (Wildman–Crippen MR) is 110 cm³/mol. The van der Waals surface area contributed by atoms with Gasteiger partial charge in [-0.25, -0.2) is 0 Å².